The molecule has 0 aromatic rings. The highest BCUT2D eigenvalue weighted by molar-refractivity contribution is 4.34. The number of rotatable bonds is 2. The molecule has 0 aromatic carbocycles. The number of aliphatic hydroxyl groups excluding tert-OH is 4. The van der Waals surface area contributed by atoms with Gasteiger partial charge in [-0.1, -0.05) is 7.43 Å². The largest absolute Gasteiger partial charge is 0.394 e. The molecule has 0 saturated carbocycles. The molecule has 0 fully saturated rings. The fraction of sp³-hybridized carbons (Fsp3) is 1.00. The van der Waals surface area contributed by atoms with Crippen molar-refractivity contribution in [3.8, 4) is 0 Å². The van der Waals surface area contributed by atoms with Crippen LogP contribution in [0.25, 0.3) is 0 Å². The molecule has 0 amide bonds. The van der Waals surface area contributed by atoms with Gasteiger partial charge >= 0.3 is 0 Å². The Morgan fingerprint density at radius 1 is 1.10 bits per heavy atom. The van der Waals surface area contributed by atoms with E-state index in [0.29, 0.717) is 0 Å². The van der Waals surface area contributed by atoms with E-state index in [1.807, 2.05) is 0 Å². The van der Waals surface area contributed by atoms with E-state index in [-0.39, 0.29) is 27.2 Å². The Labute approximate surface area is 61.8 Å². The third-order valence-corrected chi connectivity index (χ3v) is 0.364. The molecule has 4 N–H and O–H groups in total. The van der Waals surface area contributed by atoms with Crippen LogP contribution in [-0.4, -0.2) is 46.4 Å². The van der Waals surface area contributed by atoms with Crippen LogP contribution < -0.4 is 0 Å². The Balaban J connectivity index is -0.0000000910. The van der Waals surface area contributed by atoms with Gasteiger partial charge in [0.1, 0.15) is 0 Å². The summed E-state index contributed by atoms with van der Waals surface area (Å²) >= 11 is 0. The van der Waals surface area contributed by atoms with Gasteiger partial charge in [-0.05, 0) is 6.92 Å². The molecule has 10 heavy (non-hydrogen) atoms. The van der Waals surface area contributed by atoms with Gasteiger partial charge in [0.15, 0.2) is 0 Å². The lowest BCUT2D eigenvalue weighted by Crippen LogP contribution is -2.03. The van der Waals surface area contributed by atoms with Gasteiger partial charge in [0.2, 0.25) is 0 Å². The van der Waals surface area contributed by atoms with Crippen molar-refractivity contribution in [2.75, 3.05) is 19.8 Å². The van der Waals surface area contributed by atoms with Crippen molar-refractivity contribution in [3.05, 3.63) is 0 Å². The second-order valence-electron chi connectivity index (χ2n) is 1.48. The van der Waals surface area contributed by atoms with Crippen LogP contribution in [0.5, 0.6) is 0 Å². The zero-order valence-corrected chi connectivity index (χ0v) is 5.49. The van der Waals surface area contributed by atoms with Gasteiger partial charge in [-0.15, -0.1) is 0 Å². The van der Waals surface area contributed by atoms with Crippen molar-refractivity contribution in [2.24, 2.45) is 0 Å². The molecule has 0 radical (unpaired) electrons. The normalized spacial score (nSPS) is 10.5. The van der Waals surface area contributed by atoms with E-state index in [9.17, 15) is 0 Å². The van der Waals surface area contributed by atoms with Crippen molar-refractivity contribution in [3.63, 3.8) is 0 Å². The van der Waals surface area contributed by atoms with Gasteiger partial charge < -0.3 is 20.4 Å². The van der Waals surface area contributed by atoms with Crippen LogP contribution in [0, 0.1) is 0 Å². The minimum atomic E-state index is -0.560. The van der Waals surface area contributed by atoms with Crippen LogP contribution in [-0.2, 0) is 0 Å². The summed E-state index contributed by atoms with van der Waals surface area (Å²) in [5.41, 5.74) is 0. The molecule has 0 bridgehead atoms. The molecular weight excluding hydrogens is 136 g/mol. The number of hydrogen-bond acceptors (Lipinski definition) is 4. The Bertz CT molecular complexity index is 36.7. The molecule has 0 rings (SSSR count). The van der Waals surface area contributed by atoms with Crippen LogP contribution in [0.3, 0.4) is 0 Å². The minimum Gasteiger partial charge on any atom is -0.394 e. The molecule has 0 aliphatic carbocycles. The van der Waals surface area contributed by atoms with E-state index in [0.717, 1.165) is 0 Å². The lowest BCUT2D eigenvalue weighted by Gasteiger charge is -1.90. The van der Waals surface area contributed by atoms with E-state index in [1.165, 1.54) is 6.92 Å². The molecule has 0 aliphatic rings. The average molecular weight is 154 g/mol. The first kappa shape index (κ1) is 16.4. The average Bonchev–Trinajstić information content (AvgIpc) is 1.89. The van der Waals surface area contributed by atoms with Gasteiger partial charge in [0.05, 0.1) is 25.9 Å². The van der Waals surface area contributed by atoms with Crippen molar-refractivity contribution in [2.45, 2.75) is 20.5 Å². The fourth-order valence-electron chi connectivity index (χ4n) is 0. The monoisotopic (exact) mass is 154 g/mol. The summed E-state index contributed by atoms with van der Waals surface area (Å²) in [4.78, 5) is 0. The van der Waals surface area contributed by atoms with Crippen molar-refractivity contribution in [1.82, 2.24) is 0 Å². The topological polar surface area (TPSA) is 80.9 Å². The summed E-state index contributed by atoms with van der Waals surface area (Å²) in [6, 6.07) is 0. The van der Waals surface area contributed by atoms with Gasteiger partial charge in [-0.25, -0.2) is 0 Å². The molecule has 0 aliphatic heterocycles. The zero-order valence-electron chi connectivity index (χ0n) is 5.49. The number of aliphatic hydroxyl groups is 4. The predicted molar refractivity (Wildman–Crippen MR) is 39.7 cm³/mol. The molecule has 66 valence electrons. The third kappa shape index (κ3) is 45.5. The third-order valence-electron chi connectivity index (χ3n) is 0.364. The van der Waals surface area contributed by atoms with E-state index in [2.05, 4.69) is 0 Å². The summed E-state index contributed by atoms with van der Waals surface area (Å²) in [5, 5.41) is 31.3. The van der Waals surface area contributed by atoms with E-state index in [1.54, 1.807) is 0 Å². The summed E-state index contributed by atoms with van der Waals surface area (Å²) in [6.07, 6.45) is -0.560. The summed E-state index contributed by atoms with van der Waals surface area (Å²) < 4.78 is 0. The number of hydrogen-bond donors (Lipinski definition) is 4. The second-order valence-corrected chi connectivity index (χ2v) is 1.48. The minimum absolute atomic E-state index is 0. The molecular formula is C6H18O4. The Kier molecular flexibility index (Phi) is 26.2. The lowest BCUT2D eigenvalue weighted by molar-refractivity contribution is 0.110. The Hall–Kier alpha value is -0.160. The highest BCUT2D eigenvalue weighted by atomic mass is 16.3. The van der Waals surface area contributed by atoms with Gasteiger partial charge in [-0.3, -0.25) is 0 Å². The van der Waals surface area contributed by atoms with Crippen LogP contribution in [0.15, 0.2) is 0 Å². The van der Waals surface area contributed by atoms with Crippen LogP contribution in [0.2, 0.25) is 0 Å². The standard InChI is InChI=1S/C3H8O2.C2H6O2.CH4/c1-3(5)2-4;3-1-2-4;/h3-5H,2H2,1H3;3-4H,1-2H2;1H4. The first-order valence-corrected chi connectivity index (χ1v) is 2.69. The highest BCUT2D eigenvalue weighted by Gasteiger charge is 1.83. The predicted octanol–water partition coefficient (Wildman–Crippen LogP) is -1.03. The van der Waals surface area contributed by atoms with Gasteiger partial charge in [0, 0.05) is 0 Å². The molecule has 0 heterocycles. The molecule has 4 heteroatoms. The van der Waals surface area contributed by atoms with Crippen molar-refractivity contribution >= 4 is 0 Å². The second kappa shape index (κ2) is 15.9. The molecule has 4 nitrogen and oxygen atoms in total. The quantitative estimate of drug-likeness (QED) is 0.410. The van der Waals surface area contributed by atoms with Gasteiger partial charge in [-0.2, -0.15) is 0 Å². The summed E-state index contributed by atoms with van der Waals surface area (Å²) in [6.45, 7) is 1.14. The maximum Gasteiger partial charge on any atom is 0.0742 e. The summed E-state index contributed by atoms with van der Waals surface area (Å²) in [7, 11) is 0. The maximum atomic E-state index is 8.11. The molecule has 1 unspecified atom stereocenters. The first-order chi connectivity index (χ1) is 4.18. The SMILES string of the molecule is C.CC(O)CO.OCCO. The zero-order chi connectivity index (χ0) is 7.70. The fourth-order valence-corrected chi connectivity index (χ4v) is 0. The van der Waals surface area contributed by atoms with Crippen LogP contribution in [0.1, 0.15) is 14.4 Å². The molecule has 0 spiro atoms. The van der Waals surface area contributed by atoms with E-state index in [4.69, 9.17) is 20.4 Å². The van der Waals surface area contributed by atoms with Gasteiger partial charge in [0.25, 0.3) is 0 Å². The summed E-state index contributed by atoms with van der Waals surface area (Å²) in [5.74, 6) is 0. The van der Waals surface area contributed by atoms with Crippen molar-refractivity contribution < 1.29 is 20.4 Å². The molecule has 0 aromatic heterocycles. The van der Waals surface area contributed by atoms with Crippen LogP contribution >= 0.6 is 0 Å². The van der Waals surface area contributed by atoms with E-state index < -0.39 is 6.10 Å². The molecule has 0 saturated heterocycles. The highest BCUT2D eigenvalue weighted by Crippen LogP contribution is 1.68. The smallest absolute Gasteiger partial charge is 0.0742 e. The first-order valence-electron chi connectivity index (χ1n) is 2.69. The molecule has 1 atom stereocenters. The Morgan fingerprint density at radius 3 is 1.30 bits per heavy atom. The van der Waals surface area contributed by atoms with E-state index >= 15 is 0 Å². The lowest BCUT2D eigenvalue weighted by atomic mass is 10.5. The van der Waals surface area contributed by atoms with Crippen molar-refractivity contribution in [1.29, 1.82) is 0 Å². The maximum absolute atomic E-state index is 8.11. The Morgan fingerprint density at radius 2 is 1.30 bits per heavy atom. The van der Waals surface area contributed by atoms with Crippen LogP contribution in [0.4, 0.5) is 0 Å².